The van der Waals surface area contributed by atoms with E-state index in [-0.39, 0.29) is 0 Å². The molecular formula is C2H6BrClSi2. The van der Waals surface area contributed by atoms with Crippen molar-refractivity contribution in [2.24, 2.45) is 0 Å². The molecule has 4 heteroatoms. The molecule has 0 fully saturated rings. The Labute approximate surface area is 54.2 Å². The zero-order chi connectivity index (χ0) is 5.21. The Morgan fingerprint density at radius 2 is 2.00 bits per heavy atom. The van der Waals surface area contributed by atoms with Gasteiger partial charge < -0.3 is 0 Å². The molecule has 0 saturated heterocycles. The SMILES string of the molecule is C[Si][Si](C)(Cl)Br. The number of halogens is 2. The maximum atomic E-state index is 5.79. The maximum Gasteiger partial charge on any atom is 0.206 e. The third-order valence-corrected chi connectivity index (χ3v) is 9.22. The van der Waals surface area contributed by atoms with Gasteiger partial charge in [0.2, 0.25) is 5.52 Å². The van der Waals surface area contributed by atoms with Gasteiger partial charge in [0.05, 0.1) is 9.04 Å². The van der Waals surface area contributed by atoms with Crippen molar-refractivity contribution in [3.05, 3.63) is 0 Å². The fourth-order valence-electron chi connectivity index (χ4n) is 0. The summed E-state index contributed by atoms with van der Waals surface area (Å²) in [4.78, 5) is 0. The molecule has 0 N–H and O–H groups in total. The van der Waals surface area contributed by atoms with E-state index in [2.05, 4.69) is 28.4 Å². The summed E-state index contributed by atoms with van der Waals surface area (Å²) in [5.74, 6) is 0. The first kappa shape index (κ1) is 7.20. The Balaban J connectivity index is 3.17. The zero-order valence-electron chi connectivity index (χ0n) is 3.76. The predicted octanol–water partition coefficient (Wildman–Crippen LogP) is 1.94. The van der Waals surface area contributed by atoms with Crippen LogP contribution in [-0.2, 0) is 0 Å². The Hall–Kier alpha value is 1.20. The van der Waals surface area contributed by atoms with Gasteiger partial charge in [-0.05, 0) is 6.55 Å². The highest BCUT2D eigenvalue weighted by Crippen LogP contribution is 2.13. The van der Waals surface area contributed by atoms with Crippen molar-refractivity contribution in [3.63, 3.8) is 0 Å². The van der Waals surface area contributed by atoms with Crippen LogP contribution in [0.3, 0.4) is 0 Å². The molecule has 0 saturated carbocycles. The van der Waals surface area contributed by atoms with Crippen molar-refractivity contribution in [1.82, 2.24) is 0 Å². The van der Waals surface area contributed by atoms with Crippen LogP contribution < -0.4 is 0 Å². The van der Waals surface area contributed by atoms with Crippen LogP contribution in [0.1, 0.15) is 0 Å². The van der Waals surface area contributed by atoms with Gasteiger partial charge in [0.15, 0.2) is 0 Å². The fraction of sp³-hybridized carbons (Fsp3) is 1.00. The first-order valence-corrected chi connectivity index (χ1v) is 9.90. The summed E-state index contributed by atoms with van der Waals surface area (Å²) in [5.41, 5.74) is -1.32. The quantitative estimate of drug-likeness (QED) is 0.449. The van der Waals surface area contributed by atoms with Gasteiger partial charge >= 0.3 is 0 Å². The summed E-state index contributed by atoms with van der Waals surface area (Å²) in [6.07, 6.45) is 0. The number of hydrogen-bond acceptors (Lipinski definition) is 0. The fourth-order valence-corrected chi connectivity index (χ4v) is 0. The molecule has 36 valence electrons. The summed E-state index contributed by atoms with van der Waals surface area (Å²) in [6.45, 7) is 4.20. The molecule has 0 spiro atoms. The minimum atomic E-state index is -1.32. The molecule has 0 aromatic rings. The summed E-state index contributed by atoms with van der Waals surface area (Å²) in [5, 5.41) is 0. The number of rotatable bonds is 1. The van der Waals surface area contributed by atoms with Crippen LogP contribution in [0, 0.1) is 0 Å². The Morgan fingerprint density at radius 1 is 1.83 bits per heavy atom. The van der Waals surface area contributed by atoms with E-state index in [0.29, 0.717) is 0 Å². The molecule has 2 radical (unpaired) electrons. The van der Waals surface area contributed by atoms with Crippen molar-refractivity contribution in [1.29, 1.82) is 0 Å². The average Bonchev–Trinajstić information content (AvgIpc) is 1.35. The third kappa shape index (κ3) is 5.20. The highest BCUT2D eigenvalue weighted by Gasteiger charge is 2.15. The van der Waals surface area contributed by atoms with Crippen molar-refractivity contribution >= 4 is 40.9 Å². The van der Waals surface area contributed by atoms with Crippen LogP contribution in [0.4, 0.5) is 0 Å². The van der Waals surface area contributed by atoms with Gasteiger partial charge in [-0.3, -0.25) is 0 Å². The lowest BCUT2D eigenvalue weighted by molar-refractivity contribution is 2.25. The van der Waals surface area contributed by atoms with Crippen molar-refractivity contribution in [2.45, 2.75) is 13.1 Å². The topological polar surface area (TPSA) is 0 Å². The highest BCUT2D eigenvalue weighted by molar-refractivity contribution is 9.29. The molecule has 1 atom stereocenters. The molecular weight excluding hydrogens is 196 g/mol. The predicted molar refractivity (Wildman–Crippen MR) is 38.0 cm³/mol. The minimum absolute atomic E-state index is 0.888. The Kier molecular flexibility index (Phi) is 3.00. The van der Waals surface area contributed by atoms with Crippen LogP contribution in [0.5, 0.6) is 0 Å². The smallest absolute Gasteiger partial charge is 0.157 e. The third-order valence-electron chi connectivity index (χ3n) is 0.439. The highest BCUT2D eigenvalue weighted by atomic mass is 79.9. The molecule has 0 aliphatic rings. The molecule has 1 unspecified atom stereocenters. The van der Waals surface area contributed by atoms with Crippen molar-refractivity contribution in [2.75, 3.05) is 0 Å². The standard InChI is InChI=1S/C2H6BrClSi2/c1-5-6(2,3)4/h1-2H3. The monoisotopic (exact) mass is 200 g/mol. The van der Waals surface area contributed by atoms with Crippen molar-refractivity contribution < 1.29 is 0 Å². The lowest BCUT2D eigenvalue weighted by atomic mass is 11.9. The van der Waals surface area contributed by atoms with Gasteiger partial charge in [-0.2, -0.15) is 11.1 Å². The summed E-state index contributed by atoms with van der Waals surface area (Å²) >= 11 is 9.18. The second-order valence-corrected chi connectivity index (χ2v) is 19.5. The molecule has 0 aromatic heterocycles. The van der Waals surface area contributed by atoms with Gasteiger partial charge in [0.1, 0.15) is 0 Å². The molecule has 0 bridgehead atoms. The van der Waals surface area contributed by atoms with E-state index >= 15 is 0 Å². The molecule has 0 aliphatic heterocycles. The first-order chi connectivity index (χ1) is 2.56. The molecule has 0 rings (SSSR count). The van der Waals surface area contributed by atoms with E-state index < -0.39 is 5.52 Å². The van der Waals surface area contributed by atoms with Crippen LogP contribution >= 0.6 is 26.4 Å². The van der Waals surface area contributed by atoms with Crippen molar-refractivity contribution in [3.8, 4) is 0 Å². The second kappa shape index (κ2) is 2.50. The molecule has 0 amide bonds. The summed E-state index contributed by atoms with van der Waals surface area (Å²) in [6, 6.07) is 0. The number of hydrogen-bond donors (Lipinski definition) is 0. The van der Waals surface area contributed by atoms with Crippen LogP contribution in [0.2, 0.25) is 13.1 Å². The van der Waals surface area contributed by atoms with E-state index in [4.69, 9.17) is 11.1 Å². The maximum absolute atomic E-state index is 5.79. The summed E-state index contributed by atoms with van der Waals surface area (Å²) < 4.78 is 0. The van der Waals surface area contributed by atoms with Gasteiger partial charge in [0, 0.05) is 0 Å². The van der Waals surface area contributed by atoms with E-state index in [1.165, 1.54) is 0 Å². The first-order valence-electron chi connectivity index (χ1n) is 1.63. The largest absolute Gasteiger partial charge is 0.206 e. The van der Waals surface area contributed by atoms with E-state index in [9.17, 15) is 0 Å². The molecule has 0 nitrogen and oxygen atoms in total. The minimum Gasteiger partial charge on any atom is -0.157 e. The van der Waals surface area contributed by atoms with Gasteiger partial charge in [-0.15, -0.1) is 15.3 Å². The Bertz CT molecular complexity index is 41.3. The Morgan fingerprint density at radius 3 is 2.00 bits per heavy atom. The van der Waals surface area contributed by atoms with E-state index in [1.54, 1.807) is 0 Å². The molecule has 6 heavy (non-hydrogen) atoms. The zero-order valence-corrected chi connectivity index (χ0v) is 8.10. The molecule has 0 aliphatic carbocycles. The lowest BCUT2D eigenvalue weighted by Crippen LogP contribution is -2.19. The summed E-state index contributed by atoms with van der Waals surface area (Å²) in [7, 11) is 0.888. The van der Waals surface area contributed by atoms with Crippen LogP contribution in [0.25, 0.3) is 0 Å². The second-order valence-electron chi connectivity index (χ2n) is 1.14. The van der Waals surface area contributed by atoms with Gasteiger partial charge in [0.25, 0.3) is 0 Å². The van der Waals surface area contributed by atoms with E-state index in [1.807, 2.05) is 0 Å². The normalized spacial score (nSPS) is 20.0. The molecule has 0 aromatic carbocycles. The van der Waals surface area contributed by atoms with E-state index in [0.717, 1.165) is 9.04 Å². The van der Waals surface area contributed by atoms with Crippen LogP contribution in [0.15, 0.2) is 0 Å². The van der Waals surface area contributed by atoms with Gasteiger partial charge in [-0.1, -0.05) is 6.55 Å². The lowest BCUT2D eigenvalue weighted by Gasteiger charge is -2.01. The average molecular weight is 202 g/mol. The van der Waals surface area contributed by atoms with Gasteiger partial charge in [-0.25, -0.2) is 0 Å². The molecule has 0 heterocycles. The van der Waals surface area contributed by atoms with Crippen LogP contribution in [-0.4, -0.2) is 14.6 Å².